The first kappa shape index (κ1) is 13.2. The van der Waals surface area contributed by atoms with Gasteiger partial charge in [0.15, 0.2) is 5.82 Å². The average Bonchev–Trinajstić information content (AvgIpc) is 2.61. The Morgan fingerprint density at radius 3 is 2.75 bits per heavy atom. The van der Waals surface area contributed by atoms with Gasteiger partial charge in [0.25, 0.3) is 0 Å². The molecule has 0 fully saturated rings. The zero-order chi connectivity index (χ0) is 12.0. The Bertz CT molecular complexity index is 296. The predicted octanol–water partition coefficient (Wildman–Crippen LogP) is 2.50. The van der Waals surface area contributed by atoms with Crippen molar-refractivity contribution in [3.8, 4) is 0 Å². The molecule has 0 aliphatic rings. The molecule has 0 aliphatic heterocycles. The summed E-state index contributed by atoms with van der Waals surface area (Å²) in [4.78, 5) is 6.60. The first-order chi connectivity index (χ1) is 7.61. The standard InChI is InChI=1S/C12H23N3O/c1-5-6-7-15(4)9-12-13-11(14-16-12)8-10(2)3/h10H,5-9H2,1-4H3. The van der Waals surface area contributed by atoms with Gasteiger partial charge >= 0.3 is 0 Å². The zero-order valence-corrected chi connectivity index (χ0v) is 10.9. The van der Waals surface area contributed by atoms with E-state index in [-0.39, 0.29) is 0 Å². The van der Waals surface area contributed by atoms with Crippen LogP contribution in [-0.4, -0.2) is 28.6 Å². The minimum atomic E-state index is 0.572. The normalized spacial score (nSPS) is 11.6. The summed E-state index contributed by atoms with van der Waals surface area (Å²) in [5, 5.41) is 3.98. The number of nitrogens with zero attached hydrogens (tertiary/aromatic N) is 3. The maximum absolute atomic E-state index is 5.21. The predicted molar refractivity (Wildman–Crippen MR) is 64.1 cm³/mol. The maximum Gasteiger partial charge on any atom is 0.240 e. The number of unbranched alkanes of at least 4 members (excludes halogenated alkanes) is 1. The second kappa shape index (κ2) is 6.63. The molecule has 1 heterocycles. The Labute approximate surface area is 98.0 Å². The number of hydrogen-bond donors (Lipinski definition) is 0. The van der Waals surface area contributed by atoms with Crippen LogP contribution in [-0.2, 0) is 13.0 Å². The van der Waals surface area contributed by atoms with Gasteiger partial charge in [-0.3, -0.25) is 4.90 Å². The summed E-state index contributed by atoms with van der Waals surface area (Å²) in [5.74, 6) is 2.13. The van der Waals surface area contributed by atoms with Crippen LogP contribution in [0.1, 0.15) is 45.3 Å². The van der Waals surface area contributed by atoms with Crippen molar-refractivity contribution >= 4 is 0 Å². The van der Waals surface area contributed by atoms with E-state index < -0.39 is 0 Å². The highest BCUT2D eigenvalue weighted by Gasteiger charge is 2.09. The fourth-order valence-electron chi connectivity index (χ4n) is 1.54. The van der Waals surface area contributed by atoms with Crippen molar-refractivity contribution in [3.05, 3.63) is 11.7 Å². The SMILES string of the molecule is CCCCN(C)Cc1nc(CC(C)C)no1. The van der Waals surface area contributed by atoms with Crippen molar-refractivity contribution < 1.29 is 4.52 Å². The molecule has 1 rings (SSSR count). The number of rotatable bonds is 7. The minimum absolute atomic E-state index is 0.572. The van der Waals surface area contributed by atoms with Crippen molar-refractivity contribution in [2.24, 2.45) is 5.92 Å². The molecule has 0 saturated heterocycles. The molecule has 0 atom stereocenters. The zero-order valence-electron chi connectivity index (χ0n) is 10.9. The van der Waals surface area contributed by atoms with Crippen LogP contribution in [0.5, 0.6) is 0 Å². The van der Waals surface area contributed by atoms with Crippen molar-refractivity contribution in [3.63, 3.8) is 0 Å². The van der Waals surface area contributed by atoms with Crippen molar-refractivity contribution in [2.75, 3.05) is 13.6 Å². The fourth-order valence-corrected chi connectivity index (χ4v) is 1.54. The Balaban J connectivity index is 2.39. The van der Waals surface area contributed by atoms with Crippen molar-refractivity contribution in [2.45, 2.75) is 46.6 Å². The summed E-state index contributed by atoms with van der Waals surface area (Å²) in [6, 6.07) is 0. The Morgan fingerprint density at radius 1 is 1.38 bits per heavy atom. The summed E-state index contributed by atoms with van der Waals surface area (Å²) in [6.07, 6.45) is 3.32. The van der Waals surface area contributed by atoms with Gasteiger partial charge in [0.05, 0.1) is 6.54 Å². The van der Waals surface area contributed by atoms with Gasteiger partial charge in [0, 0.05) is 6.42 Å². The molecule has 4 heteroatoms. The average molecular weight is 225 g/mol. The summed E-state index contributed by atoms with van der Waals surface area (Å²) in [6.45, 7) is 8.34. The van der Waals surface area contributed by atoms with Crippen LogP contribution >= 0.6 is 0 Å². The third kappa shape index (κ3) is 4.75. The molecule has 4 nitrogen and oxygen atoms in total. The fraction of sp³-hybridized carbons (Fsp3) is 0.833. The highest BCUT2D eigenvalue weighted by atomic mass is 16.5. The third-order valence-electron chi connectivity index (χ3n) is 2.40. The lowest BCUT2D eigenvalue weighted by molar-refractivity contribution is 0.263. The second-order valence-corrected chi connectivity index (χ2v) is 4.79. The van der Waals surface area contributed by atoms with E-state index >= 15 is 0 Å². The quantitative estimate of drug-likeness (QED) is 0.715. The number of hydrogen-bond acceptors (Lipinski definition) is 4. The molecule has 0 saturated carbocycles. The van der Waals surface area contributed by atoms with Crippen LogP contribution in [0.2, 0.25) is 0 Å². The minimum Gasteiger partial charge on any atom is -0.338 e. The molecule has 0 aliphatic carbocycles. The highest BCUT2D eigenvalue weighted by Crippen LogP contribution is 2.06. The topological polar surface area (TPSA) is 42.2 Å². The molecule has 1 aromatic heterocycles. The summed E-state index contributed by atoms with van der Waals surface area (Å²) in [7, 11) is 2.09. The van der Waals surface area contributed by atoms with Crippen molar-refractivity contribution in [1.82, 2.24) is 15.0 Å². The molecule has 0 aromatic carbocycles. The van der Waals surface area contributed by atoms with Crippen LogP contribution in [0.15, 0.2) is 4.52 Å². The summed E-state index contributed by atoms with van der Waals surface area (Å²) >= 11 is 0. The van der Waals surface area contributed by atoms with Crippen LogP contribution in [0, 0.1) is 5.92 Å². The van der Waals surface area contributed by atoms with Gasteiger partial charge in [0.1, 0.15) is 0 Å². The summed E-state index contributed by atoms with van der Waals surface area (Å²) < 4.78 is 5.21. The van der Waals surface area contributed by atoms with E-state index in [0.29, 0.717) is 5.92 Å². The maximum atomic E-state index is 5.21. The molecular formula is C12H23N3O. The van der Waals surface area contributed by atoms with E-state index in [1.807, 2.05) is 0 Å². The first-order valence-corrected chi connectivity index (χ1v) is 6.11. The molecular weight excluding hydrogens is 202 g/mol. The molecule has 0 spiro atoms. The summed E-state index contributed by atoms with van der Waals surface area (Å²) in [5.41, 5.74) is 0. The lowest BCUT2D eigenvalue weighted by atomic mass is 10.1. The van der Waals surface area contributed by atoms with Gasteiger partial charge in [0.2, 0.25) is 5.89 Å². The molecule has 92 valence electrons. The first-order valence-electron chi connectivity index (χ1n) is 6.11. The van der Waals surface area contributed by atoms with E-state index in [2.05, 4.69) is 42.9 Å². The van der Waals surface area contributed by atoms with E-state index in [0.717, 1.165) is 31.2 Å². The van der Waals surface area contributed by atoms with Crippen molar-refractivity contribution in [1.29, 1.82) is 0 Å². The highest BCUT2D eigenvalue weighted by molar-refractivity contribution is 4.87. The largest absolute Gasteiger partial charge is 0.338 e. The lowest BCUT2D eigenvalue weighted by Gasteiger charge is -2.12. The molecule has 0 amide bonds. The second-order valence-electron chi connectivity index (χ2n) is 4.79. The van der Waals surface area contributed by atoms with Gasteiger partial charge in [-0.05, 0) is 25.9 Å². The lowest BCUT2D eigenvalue weighted by Crippen LogP contribution is -2.19. The van der Waals surface area contributed by atoms with Crippen LogP contribution in [0.4, 0.5) is 0 Å². The third-order valence-corrected chi connectivity index (χ3v) is 2.40. The Hall–Kier alpha value is -0.900. The monoisotopic (exact) mass is 225 g/mol. The Kier molecular flexibility index (Phi) is 5.46. The van der Waals surface area contributed by atoms with E-state index in [1.54, 1.807) is 0 Å². The van der Waals surface area contributed by atoms with E-state index in [1.165, 1.54) is 12.8 Å². The molecule has 0 N–H and O–H groups in total. The molecule has 0 unspecified atom stereocenters. The van der Waals surface area contributed by atoms with Crippen LogP contribution in [0.3, 0.4) is 0 Å². The van der Waals surface area contributed by atoms with Gasteiger partial charge in [-0.25, -0.2) is 0 Å². The van der Waals surface area contributed by atoms with E-state index in [4.69, 9.17) is 4.52 Å². The van der Waals surface area contributed by atoms with Gasteiger partial charge in [-0.15, -0.1) is 0 Å². The molecule has 0 bridgehead atoms. The Morgan fingerprint density at radius 2 is 2.12 bits per heavy atom. The van der Waals surface area contributed by atoms with E-state index in [9.17, 15) is 0 Å². The van der Waals surface area contributed by atoms with Crippen LogP contribution in [0.25, 0.3) is 0 Å². The number of aromatic nitrogens is 2. The smallest absolute Gasteiger partial charge is 0.240 e. The van der Waals surface area contributed by atoms with Gasteiger partial charge in [-0.1, -0.05) is 32.3 Å². The molecule has 0 radical (unpaired) electrons. The van der Waals surface area contributed by atoms with Crippen LogP contribution < -0.4 is 0 Å². The molecule has 16 heavy (non-hydrogen) atoms. The van der Waals surface area contributed by atoms with Gasteiger partial charge in [-0.2, -0.15) is 4.98 Å². The van der Waals surface area contributed by atoms with Gasteiger partial charge < -0.3 is 4.52 Å². The molecule has 1 aromatic rings.